The van der Waals surface area contributed by atoms with Gasteiger partial charge in [-0.2, -0.15) is 5.26 Å². The van der Waals surface area contributed by atoms with Crippen LogP contribution in [0.5, 0.6) is 0 Å². The molecule has 0 fully saturated rings. The molecular formula is C18H18N4OS. The van der Waals surface area contributed by atoms with Gasteiger partial charge in [-0.3, -0.25) is 9.78 Å². The number of nitrogens with one attached hydrogen (secondary N) is 1. The van der Waals surface area contributed by atoms with Crippen LogP contribution in [0.25, 0.3) is 0 Å². The van der Waals surface area contributed by atoms with Crippen LogP contribution in [0.4, 0.5) is 5.69 Å². The number of amides is 1. The number of carbonyl (C=O) groups excluding carboxylic acids is 1. The van der Waals surface area contributed by atoms with Crippen molar-refractivity contribution in [1.82, 2.24) is 9.97 Å². The quantitative estimate of drug-likeness (QED) is 0.846. The third-order valence-corrected chi connectivity index (χ3v) is 4.91. The maximum Gasteiger partial charge on any atom is 0.225 e. The van der Waals surface area contributed by atoms with Crippen molar-refractivity contribution in [2.75, 3.05) is 11.1 Å². The summed E-state index contributed by atoms with van der Waals surface area (Å²) in [5.41, 5.74) is 3.68. The van der Waals surface area contributed by atoms with E-state index in [9.17, 15) is 10.1 Å². The van der Waals surface area contributed by atoms with Crippen LogP contribution < -0.4 is 5.32 Å². The van der Waals surface area contributed by atoms with Gasteiger partial charge in [-0.25, -0.2) is 4.98 Å². The Morgan fingerprint density at radius 2 is 2.08 bits per heavy atom. The normalized spacial score (nSPS) is 13.0. The van der Waals surface area contributed by atoms with Crippen LogP contribution in [0.15, 0.2) is 35.6 Å². The molecule has 0 aliphatic heterocycles. The van der Waals surface area contributed by atoms with E-state index in [0.717, 1.165) is 35.7 Å². The first-order valence-corrected chi connectivity index (χ1v) is 9.00. The van der Waals surface area contributed by atoms with E-state index in [-0.39, 0.29) is 5.91 Å². The Hall–Kier alpha value is -2.39. The lowest BCUT2D eigenvalue weighted by Gasteiger charge is -2.16. The zero-order chi connectivity index (χ0) is 16.8. The van der Waals surface area contributed by atoms with E-state index in [1.807, 2.05) is 6.07 Å². The van der Waals surface area contributed by atoms with Crippen molar-refractivity contribution in [1.29, 1.82) is 5.26 Å². The van der Waals surface area contributed by atoms with Gasteiger partial charge in [-0.1, -0.05) is 0 Å². The number of rotatable bonds is 5. The Kier molecular flexibility index (Phi) is 5.44. The molecule has 1 N–H and O–H groups in total. The van der Waals surface area contributed by atoms with Gasteiger partial charge < -0.3 is 5.32 Å². The molecule has 0 atom stereocenters. The van der Waals surface area contributed by atoms with Crippen molar-refractivity contribution in [2.24, 2.45) is 0 Å². The van der Waals surface area contributed by atoms with Gasteiger partial charge in [0, 0.05) is 35.9 Å². The third kappa shape index (κ3) is 4.12. The molecule has 2 aromatic heterocycles. The standard InChI is InChI=1S/C18H18N4OS/c19-12-14-11-13-3-1-2-4-16(13)22-18(14)24-10-7-17(23)21-15-5-8-20-9-6-15/h5-6,8-9,11H,1-4,7,10H2,(H,20,21,23). The number of carbonyl (C=O) groups is 1. The lowest BCUT2D eigenvalue weighted by atomic mass is 9.95. The zero-order valence-electron chi connectivity index (χ0n) is 13.3. The van der Waals surface area contributed by atoms with Gasteiger partial charge in [0.15, 0.2) is 0 Å². The molecule has 0 spiro atoms. The second-order valence-electron chi connectivity index (χ2n) is 5.65. The zero-order valence-corrected chi connectivity index (χ0v) is 14.1. The van der Waals surface area contributed by atoms with Gasteiger partial charge >= 0.3 is 0 Å². The van der Waals surface area contributed by atoms with Crippen molar-refractivity contribution in [3.63, 3.8) is 0 Å². The molecule has 0 saturated carbocycles. The van der Waals surface area contributed by atoms with Crippen molar-refractivity contribution >= 4 is 23.4 Å². The Balaban J connectivity index is 1.58. The first kappa shape index (κ1) is 16.5. The molecule has 1 amide bonds. The molecule has 122 valence electrons. The van der Waals surface area contributed by atoms with Gasteiger partial charge in [0.2, 0.25) is 5.91 Å². The molecule has 0 bridgehead atoms. The maximum atomic E-state index is 12.0. The van der Waals surface area contributed by atoms with Crippen molar-refractivity contribution < 1.29 is 4.79 Å². The Morgan fingerprint density at radius 3 is 2.88 bits per heavy atom. The number of hydrogen-bond donors (Lipinski definition) is 1. The van der Waals surface area contributed by atoms with Crippen LogP contribution in [-0.4, -0.2) is 21.6 Å². The molecule has 1 aliphatic rings. The van der Waals surface area contributed by atoms with E-state index < -0.39 is 0 Å². The molecule has 0 unspecified atom stereocenters. The summed E-state index contributed by atoms with van der Waals surface area (Å²) in [6, 6.07) is 7.71. The molecule has 5 nitrogen and oxygen atoms in total. The van der Waals surface area contributed by atoms with Crippen LogP contribution in [0, 0.1) is 11.3 Å². The lowest BCUT2D eigenvalue weighted by molar-refractivity contribution is -0.115. The minimum Gasteiger partial charge on any atom is -0.326 e. The molecule has 2 aromatic rings. The van der Waals surface area contributed by atoms with Crippen LogP contribution in [0.2, 0.25) is 0 Å². The predicted molar refractivity (Wildman–Crippen MR) is 93.8 cm³/mol. The number of pyridine rings is 2. The molecule has 2 heterocycles. The van der Waals surface area contributed by atoms with Crippen LogP contribution in [0.3, 0.4) is 0 Å². The fraction of sp³-hybridized carbons (Fsp3) is 0.333. The molecule has 6 heteroatoms. The van der Waals surface area contributed by atoms with Gasteiger partial charge in [0.1, 0.15) is 11.1 Å². The first-order valence-electron chi connectivity index (χ1n) is 8.02. The highest BCUT2D eigenvalue weighted by atomic mass is 32.2. The van der Waals surface area contributed by atoms with E-state index >= 15 is 0 Å². The van der Waals surface area contributed by atoms with Gasteiger partial charge in [-0.15, -0.1) is 11.8 Å². The lowest BCUT2D eigenvalue weighted by Crippen LogP contribution is -2.12. The molecule has 24 heavy (non-hydrogen) atoms. The number of aryl methyl sites for hydroxylation is 2. The second kappa shape index (κ2) is 7.93. The Morgan fingerprint density at radius 1 is 1.29 bits per heavy atom. The highest BCUT2D eigenvalue weighted by Crippen LogP contribution is 2.27. The van der Waals surface area contributed by atoms with Crippen molar-refractivity contribution in [3.8, 4) is 6.07 Å². The molecule has 1 aliphatic carbocycles. The average molecular weight is 338 g/mol. The molecular weight excluding hydrogens is 320 g/mol. The first-order chi connectivity index (χ1) is 11.8. The number of thioether (sulfide) groups is 1. The minimum atomic E-state index is -0.0508. The predicted octanol–water partition coefficient (Wildman–Crippen LogP) is 3.35. The summed E-state index contributed by atoms with van der Waals surface area (Å²) in [5, 5.41) is 12.9. The van der Waals surface area contributed by atoms with E-state index in [0.29, 0.717) is 17.7 Å². The van der Waals surface area contributed by atoms with E-state index in [4.69, 9.17) is 0 Å². The topological polar surface area (TPSA) is 78.7 Å². The molecule has 0 aromatic carbocycles. The number of nitriles is 1. The van der Waals surface area contributed by atoms with Crippen LogP contribution >= 0.6 is 11.8 Å². The maximum absolute atomic E-state index is 12.0. The smallest absolute Gasteiger partial charge is 0.225 e. The molecule has 3 rings (SSSR count). The Labute approximate surface area is 145 Å². The third-order valence-electron chi connectivity index (χ3n) is 3.92. The van der Waals surface area contributed by atoms with E-state index in [2.05, 4.69) is 21.4 Å². The highest BCUT2D eigenvalue weighted by molar-refractivity contribution is 7.99. The van der Waals surface area contributed by atoms with Crippen molar-refractivity contribution in [2.45, 2.75) is 37.1 Å². The number of aromatic nitrogens is 2. The van der Waals surface area contributed by atoms with Gasteiger partial charge in [-0.05, 0) is 49.4 Å². The Bertz CT molecular complexity index is 771. The summed E-state index contributed by atoms with van der Waals surface area (Å²) in [5.74, 6) is 0.544. The van der Waals surface area contributed by atoms with Gasteiger partial charge in [0.05, 0.1) is 5.56 Å². The monoisotopic (exact) mass is 338 g/mol. The van der Waals surface area contributed by atoms with Gasteiger partial charge in [0.25, 0.3) is 0 Å². The SMILES string of the molecule is N#Cc1cc2c(nc1SCCC(=O)Nc1ccncc1)CCCC2. The van der Waals surface area contributed by atoms with Crippen LogP contribution in [-0.2, 0) is 17.6 Å². The summed E-state index contributed by atoms with van der Waals surface area (Å²) >= 11 is 1.48. The summed E-state index contributed by atoms with van der Waals surface area (Å²) in [6.07, 6.45) is 7.97. The fourth-order valence-corrected chi connectivity index (χ4v) is 3.62. The highest BCUT2D eigenvalue weighted by Gasteiger charge is 2.15. The summed E-state index contributed by atoms with van der Waals surface area (Å²) in [7, 11) is 0. The fourth-order valence-electron chi connectivity index (χ4n) is 2.70. The molecule has 0 saturated heterocycles. The average Bonchev–Trinajstić information content (AvgIpc) is 2.62. The summed E-state index contributed by atoms with van der Waals surface area (Å²) in [4.78, 5) is 20.5. The molecule has 0 radical (unpaired) electrons. The summed E-state index contributed by atoms with van der Waals surface area (Å²) in [6.45, 7) is 0. The number of hydrogen-bond acceptors (Lipinski definition) is 5. The summed E-state index contributed by atoms with van der Waals surface area (Å²) < 4.78 is 0. The van der Waals surface area contributed by atoms with E-state index in [1.165, 1.54) is 23.7 Å². The number of fused-ring (bicyclic) bond motifs is 1. The van der Waals surface area contributed by atoms with Crippen LogP contribution in [0.1, 0.15) is 36.1 Å². The minimum absolute atomic E-state index is 0.0508. The van der Waals surface area contributed by atoms with Crippen molar-refractivity contribution in [3.05, 3.63) is 47.4 Å². The van der Waals surface area contributed by atoms with E-state index in [1.54, 1.807) is 24.5 Å². The largest absolute Gasteiger partial charge is 0.326 e. The number of anilines is 1. The number of nitrogens with zero attached hydrogens (tertiary/aromatic N) is 3. The second-order valence-corrected chi connectivity index (χ2v) is 6.73.